The fourth-order valence-corrected chi connectivity index (χ4v) is 1.72. The van der Waals surface area contributed by atoms with Crippen LogP contribution >= 0.6 is 0 Å². The van der Waals surface area contributed by atoms with Gasteiger partial charge in [0.25, 0.3) is 0 Å². The van der Waals surface area contributed by atoms with Crippen molar-refractivity contribution in [2.45, 2.75) is 18.8 Å². The molecular formula is C10H10FNO2. The van der Waals surface area contributed by atoms with Crippen LogP contribution in [0.3, 0.4) is 0 Å². The molecule has 74 valence electrons. The topological polar surface area (TPSA) is 50.2 Å². The van der Waals surface area contributed by atoms with E-state index in [9.17, 15) is 9.18 Å². The Kier molecular flexibility index (Phi) is 1.80. The van der Waals surface area contributed by atoms with Gasteiger partial charge in [-0.3, -0.25) is 9.78 Å². The summed E-state index contributed by atoms with van der Waals surface area (Å²) < 4.78 is 12.6. The number of rotatable bonds is 2. The molecule has 1 aliphatic carbocycles. The molecule has 0 saturated heterocycles. The molecule has 1 aromatic rings. The first-order valence-electron chi connectivity index (χ1n) is 4.39. The number of hydrogen-bond donors (Lipinski definition) is 1. The summed E-state index contributed by atoms with van der Waals surface area (Å²) in [5, 5.41) is 8.80. The van der Waals surface area contributed by atoms with E-state index in [1.165, 1.54) is 6.07 Å². The van der Waals surface area contributed by atoms with Gasteiger partial charge < -0.3 is 5.11 Å². The van der Waals surface area contributed by atoms with Gasteiger partial charge in [-0.25, -0.2) is 4.39 Å². The van der Waals surface area contributed by atoms with Gasteiger partial charge in [0.05, 0.1) is 12.1 Å². The van der Waals surface area contributed by atoms with E-state index in [0.717, 1.165) is 6.20 Å². The maximum absolute atomic E-state index is 12.6. The highest BCUT2D eigenvalue weighted by Crippen LogP contribution is 2.53. The lowest BCUT2D eigenvalue weighted by Gasteiger charge is -2.07. The molecule has 0 spiro atoms. The number of hydrogen-bond acceptors (Lipinski definition) is 2. The Morgan fingerprint density at radius 2 is 2.43 bits per heavy atom. The van der Waals surface area contributed by atoms with Crippen LogP contribution in [0.2, 0.25) is 0 Å². The molecule has 3 nitrogen and oxygen atoms in total. The van der Waals surface area contributed by atoms with Crippen molar-refractivity contribution in [1.29, 1.82) is 0 Å². The molecule has 1 N–H and O–H groups in total. The van der Waals surface area contributed by atoms with Crippen molar-refractivity contribution in [2.24, 2.45) is 5.92 Å². The first kappa shape index (κ1) is 9.12. The predicted molar refractivity (Wildman–Crippen MR) is 47.3 cm³/mol. The van der Waals surface area contributed by atoms with E-state index in [-0.39, 0.29) is 5.92 Å². The number of halogens is 1. The van der Waals surface area contributed by atoms with Crippen molar-refractivity contribution in [3.8, 4) is 0 Å². The quantitative estimate of drug-likeness (QED) is 0.779. The molecule has 1 aliphatic rings. The Balaban J connectivity index is 2.25. The van der Waals surface area contributed by atoms with Crippen molar-refractivity contribution in [1.82, 2.24) is 4.98 Å². The van der Waals surface area contributed by atoms with Crippen molar-refractivity contribution < 1.29 is 14.3 Å². The van der Waals surface area contributed by atoms with Gasteiger partial charge in [-0.2, -0.15) is 0 Å². The number of carboxylic acid groups (broad SMARTS) is 1. The van der Waals surface area contributed by atoms with Gasteiger partial charge in [0.15, 0.2) is 0 Å². The molecule has 2 rings (SSSR count). The van der Waals surface area contributed by atoms with E-state index in [0.29, 0.717) is 12.1 Å². The Morgan fingerprint density at radius 1 is 1.71 bits per heavy atom. The molecule has 4 heteroatoms. The largest absolute Gasteiger partial charge is 0.481 e. The summed E-state index contributed by atoms with van der Waals surface area (Å²) in [6.07, 6.45) is 1.71. The zero-order chi connectivity index (χ0) is 10.3. The Morgan fingerprint density at radius 3 is 2.86 bits per heavy atom. The summed E-state index contributed by atoms with van der Waals surface area (Å²) in [7, 11) is 0. The van der Waals surface area contributed by atoms with E-state index in [4.69, 9.17) is 5.11 Å². The minimum absolute atomic E-state index is 0.375. The summed E-state index contributed by atoms with van der Waals surface area (Å²) >= 11 is 0. The molecule has 0 radical (unpaired) electrons. The monoisotopic (exact) mass is 195 g/mol. The highest BCUT2D eigenvalue weighted by molar-refractivity contribution is 5.76. The molecule has 0 aromatic carbocycles. The predicted octanol–water partition coefficient (Wildman–Crippen LogP) is 1.58. The zero-order valence-electron chi connectivity index (χ0n) is 7.70. The average molecular weight is 195 g/mol. The molecule has 1 fully saturated rings. The fraction of sp³-hybridized carbons (Fsp3) is 0.400. The summed E-state index contributed by atoms with van der Waals surface area (Å²) in [5.74, 6) is -1.58. The maximum atomic E-state index is 12.6. The smallest absolute Gasteiger partial charge is 0.307 e. The number of nitrogens with zero attached hydrogens (tertiary/aromatic N) is 1. The second-order valence-electron chi connectivity index (χ2n) is 3.87. The number of aliphatic carboxylic acids is 1. The second-order valence-corrected chi connectivity index (χ2v) is 3.87. The number of carboxylic acids is 1. The van der Waals surface area contributed by atoms with Crippen LogP contribution in [0, 0.1) is 11.7 Å². The molecule has 2 atom stereocenters. The van der Waals surface area contributed by atoms with Crippen LogP contribution in [0.15, 0.2) is 18.3 Å². The van der Waals surface area contributed by atoms with Crippen LogP contribution in [0.25, 0.3) is 0 Å². The van der Waals surface area contributed by atoms with E-state index in [1.807, 2.05) is 6.92 Å². The third-order valence-corrected chi connectivity index (χ3v) is 2.85. The number of aromatic nitrogens is 1. The third-order valence-electron chi connectivity index (χ3n) is 2.85. The van der Waals surface area contributed by atoms with Crippen LogP contribution < -0.4 is 0 Å². The minimum Gasteiger partial charge on any atom is -0.481 e. The second kappa shape index (κ2) is 2.77. The van der Waals surface area contributed by atoms with Crippen molar-refractivity contribution >= 4 is 5.97 Å². The fourth-order valence-electron chi connectivity index (χ4n) is 1.72. The zero-order valence-corrected chi connectivity index (χ0v) is 7.70. The first-order chi connectivity index (χ1) is 6.54. The lowest BCUT2D eigenvalue weighted by molar-refractivity contribution is -0.139. The molecule has 1 saturated carbocycles. The molecule has 14 heavy (non-hydrogen) atoms. The van der Waals surface area contributed by atoms with Gasteiger partial charge in [-0.15, -0.1) is 0 Å². The van der Waals surface area contributed by atoms with E-state index in [2.05, 4.69) is 4.98 Å². The van der Waals surface area contributed by atoms with Gasteiger partial charge in [-0.1, -0.05) is 6.92 Å². The highest BCUT2D eigenvalue weighted by atomic mass is 19.1. The minimum atomic E-state index is -0.807. The third kappa shape index (κ3) is 1.27. The summed E-state index contributed by atoms with van der Waals surface area (Å²) in [6.45, 7) is 1.84. The Labute approximate surface area is 80.6 Å². The van der Waals surface area contributed by atoms with Gasteiger partial charge in [0.2, 0.25) is 0 Å². The first-order valence-corrected chi connectivity index (χ1v) is 4.39. The normalized spacial score (nSPS) is 30.0. The Hall–Kier alpha value is -1.45. The highest BCUT2D eigenvalue weighted by Gasteiger charge is 2.56. The molecule has 0 aliphatic heterocycles. The molecular weight excluding hydrogens is 185 g/mol. The van der Waals surface area contributed by atoms with E-state index < -0.39 is 17.2 Å². The van der Waals surface area contributed by atoms with Gasteiger partial charge in [-0.05, 0) is 18.6 Å². The van der Waals surface area contributed by atoms with Gasteiger partial charge in [0, 0.05) is 11.1 Å². The molecule has 1 heterocycles. The number of carbonyl (C=O) groups is 1. The van der Waals surface area contributed by atoms with Gasteiger partial charge >= 0.3 is 5.97 Å². The average Bonchev–Trinajstić information content (AvgIpc) is 2.80. The Bertz CT molecular complexity index is 376. The summed E-state index contributed by atoms with van der Waals surface area (Å²) in [4.78, 5) is 14.6. The van der Waals surface area contributed by atoms with Crippen LogP contribution in [0.1, 0.15) is 19.0 Å². The van der Waals surface area contributed by atoms with Crippen molar-refractivity contribution in [3.05, 3.63) is 29.8 Å². The lowest BCUT2D eigenvalue weighted by atomic mass is 10.0. The number of pyridine rings is 1. The van der Waals surface area contributed by atoms with Gasteiger partial charge in [0.1, 0.15) is 5.82 Å². The van der Waals surface area contributed by atoms with Crippen molar-refractivity contribution in [2.75, 3.05) is 0 Å². The summed E-state index contributed by atoms with van der Waals surface area (Å²) in [5.41, 5.74) is 0.255. The van der Waals surface area contributed by atoms with Crippen LogP contribution in [-0.4, -0.2) is 16.1 Å². The summed E-state index contributed by atoms with van der Waals surface area (Å²) in [6, 6.07) is 2.86. The molecule has 0 amide bonds. The SMILES string of the molecule is CC1(c2ccc(F)cn2)CC1C(=O)O. The van der Waals surface area contributed by atoms with E-state index in [1.54, 1.807) is 6.07 Å². The van der Waals surface area contributed by atoms with E-state index >= 15 is 0 Å². The molecule has 0 bridgehead atoms. The lowest BCUT2D eigenvalue weighted by Crippen LogP contribution is -2.12. The van der Waals surface area contributed by atoms with Crippen LogP contribution in [0.5, 0.6) is 0 Å². The maximum Gasteiger partial charge on any atom is 0.307 e. The van der Waals surface area contributed by atoms with Crippen LogP contribution in [-0.2, 0) is 10.2 Å². The standard InChI is InChI=1S/C10H10FNO2/c1-10(4-7(10)9(13)14)8-3-2-6(11)5-12-8/h2-3,5,7H,4H2,1H3,(H,13,14). The molecule has 2 unspecified atom stereocenters. The molecule has 1 aromatic heterocycles. The van der Waals surface area contributed by atoms with Crippen molar-refractivity contribution in [3.63, 3.8) is 0 Å². The van der Waals surface area contributed by atoms with Crippen LogP contribution in [0.4, 0.5) is 4.39 Å².